The van der Waals surface area contributed by atoms with Crippen molar-refractivity contribution in [3.05, 3.63) is 58.1 Å². The van der Waals surface area contributed by atoms with Gasteiger partial charge in [-0.05, 0) is 49.6 Å². The van der Waals surface area contributed by atoms with Gasteiger partial charge in [0.2, 0.25) is 5.91 Å². The van der Waals surface area contributed by atoms with Gasteiger partial charge in [-0.3, -0.25) is 19.7 Å². The number of carbonyl (C=O) groups excluding carboxylic acids is 2. The van der Waals surface area contributed by atoms with Gasteiger partial charge in [-0.25, -0.2) is 0 Å². The highest BCUT2D eigenvalue weighted by molar-refractivity contribution is 6.08. The molecule has 9 heteroatoms. The van der Waals surface area contributed by atoms with E-state index in [0.29, 0.717) is 24.3 Å². The first-order chi connectivity index (χ1) is 15.9. The van der Waals surface area contributed by atoms with Crippen LogP contribution in [-0.4, -0.2) is 60.9 Å². The predicted octanol–water partition coefficient (Wildman–Crippen LogP) is 3.51. The Morgan fingerprint density at radius 1 is 0.879 bits per heavy atom. The van der Waals surface area contributed by atoms with Crippen LogP contribution in [0.25, 0.3) is 0 Å². The van der Waals surface area contributed by atoms with Crippen molar-refractivity contribution in [3.8, 4) is 0 Å². The molecule has 4 rings (SSSR count). The van der Waals surface area contributed by atoms with Crippen LogP contribution in [0.4, 0.5) is 22.7 Å². The van der Waals surface area contributed by atoms with E-state index in [4.69, 9.17) is 0 Å². The minimum absolute atomic E-state index is 0.0952. The van der Waals surface area contributed by atoms with Crippen molar-refractivity contribution >= 4 is 34.6 Å². The maximum Gasteiger partial charge on any atom is 0.270 e. The van der Waals surface area contributed by atoms with E-state index in [-0.39, 0.29) is 17.5 Å². The summed E-state index contributed by atoms with van der Waals surface area (Å²) in [6.45, 7) is 6.18. The molecule has 0 radical (unpaired) electrons. The third-order valence-corrected chi connectivity index (χ3v) is 6.35. The fraction of sp³-hybridized carbons (Fsp3) is 0.417. The van der Waals surface area contributed by atoms with Crippen LogP contribution < -0.4 is 15.1 Å². The summed E-state index contributed by atoms with van der Waals surface area (Å²) in [5.74, 6) is -0.264. The second kappa shape index (κ2) is 9.89. The lowest BCUT2D eigenvalue weighted by atomic mass is 10.1. The molecule has 2 aliphatic rings. The molecule has 2 fully saturated rings. The molecule has 2 aromatic carbocycles. The summed E-state index contributed by atoms with van der Waals surface area (Å²) in [5, 5.41) is 14.2. The van der Waals surface area contributed by atoms with Gasteiger partial charge in [0, 0.05) is 69.7 Å². The molecule has 0 unspecified atom stereocenters. The molecule has 0 aromatic heterocycles. The number of nitrogens with one attached hydrogen (secondary N) is 1. The molecule has 0 atom stereocenters. The fourth-order valence-electron chi connectivity index (χ4n) is 4.46. The lowest BCUT2D eigenvalue weighted by Gasteiger charge is -2.35. The van der Waals surface area contributed by atoms with Crippen molar-refractivity contribution < 1.29 is 14.5 Å². The molecule has 1 N–H and O–H groups in total. The van der Waals surface area contributed by atoms with Crippen LogP contribution in [0.1, 0.15) is 36.5 Å². The summed E-state index contributed by atoms with van der Waals surface area (Å²) in [6, 6.07) is 12.1. The van der Waals surface area contributed by atoms with Gasteiger partial charge in [0.25, 0.3) is 11.6 Å². The molecule has 174 valence electrons. The second-order valence-electron chi connectivity index (χ2n) is 8.50. The summed E-state index contributed by atoms with van der Waals surface area (Å²) < 4.78 is 0. The van der Waals surface area contributed by atoms with Crippen molar-refractivity contribution in [2.75, 3.05) is 54.4 Å². The van der Waals surface area contributed by atoms with Gasteiger partial charge >= 0.3 is 0 Å². The van der Waals surface area contributed by atoms with Gasteiger partial charge in [0.05, 0.1) is 16.2 Å². The van der Waals surface area contributed by atoms with Crippen molar-refractivity contribution in [1.82, 2.24) is 4.90 Å². The van der Waals surface area contributed by atoms with Crippen molar-refractivity contribution in [1.29, 1.82) is 0 Å². The van der Waals surface area contributed by atoms with Gasteiger partial charge in [0.15, 0.2) is 0 Å². The van der Waals surface area contributed by atoms with E-state index in [1.807, 2.05) is 29.2 Å². The molecule has 2 saturated heterocycles. The Bertz CT molecular complexity index is 1030. The number of non-ortho nitro benzene ring substituents is 1. The molecule has 0 bridgehead atoms. The molecular weight excluding hydrogens is 422 g/mol. The smallest absolute Gasteiger partial charge is 0.270 e. The fourth-order valence-corrected chi connectivity index (χ4v) is 4.46. The van der Waals surface area contributed by atoms with Crippen LogP contribution in [0, 0.1) is 10.1 Å². The number of piperazine rings is 1. The van der Waals surface area contributed by atoms with E-state index in [0.717, 1.165) is 56.8 Å². The number of nitrogens with zero attached hydrogens (tertiary/aromatic N) is 4. The average Bonchev–Trinajstić information content (AvgIpc) is 2.84. The second-order valence-corrected chi connectivity index (χ2v) is 8.50. The van der Waals surface area contributed by atoms with E-state index >= 15 is 0 Å². The summed E-state index contributed by atoms with van der Waals surface area (Å²) in [4.78, 5) is 41.6. The third kappa shape index (κ3) is 5.24. The number of hydrogen-bond donors (Lipinski definition) is 1. The molecule has 9 nitrogen and oxygen atoms in total. The minimum Gasteiger partial charge on any atom is -0.371 e. The number of amides is 2. The number of benzene rings is 2. The van der Waals surface area contributed by atoms with Crippen LogP contribution in [0.5, 0.6) is 0 Å². The Balaban J connectivity index is 1.48. The monoisotopic (exact) mass is 451 g/mol. The zero-order valence-corrected chi connectivity index (χ0v) is 18.8. The molecule has 2 heterocycles. The summed E-state index contributed by atoms with van der Waals surface area (Å²) in [6.07, 6.45) is 3.24. The first kappa shape index (κ1) is 22.6. The molecule has 2 amide bonds. The van der Waals surface area contributed by atoms with Gasteiger partial charge < -0.3 is 20.0 Å². The lowest BCUT2D eigenvalue weighted by molar-refractivity contribution is -0.384. The number of nitro benzene ring substituents is 1. The maximum absolute atomic E-state index is 13.1. The molecular formula is C24H29N5O4. The summed E-state index contributed by atoms with van der Waals surface area (Å²) >= 11 is 0. The Kier molecular flexibility index (Phi) is 6.76. The molecule has 2 aliphatic heterocycles. The predicted molar refractivity (Wildman–Crippen MR) is 128 cm³/mol. The zero-order chi connectivity index (χ0) is 23.4. The molecule has 2 aromatic rings. The first-order valence-corrected chi connectivity index (χ1v) is 11.4. The maximum atomic E-state index is 13.1. The number of nitro groups is 1. The highest BCUT2D eigenvalue weighted by Gasteiger charge is 2.22. The van der Waals surface area contributed by atoms with Gasteiger partial charge in [-0.2, -0.15) is 0 Å². The molecule has 0 saturated carbocycles. The van der Waals surface area contributed by atoms with Crippen LogP contribution in [0.3, 0.4) is 0 Å². The molecule has 0 aliphatic carbocycles. The summed E-state index contributed by atoms with van der Waals surface area (Å²) in [5.41, 5.74) is 2.61. The number of rotatable bonds is 5. The SMILES string of the molecule is CC(=O)N1CCN(c2ccc(NC(=O)c3cc([N+](=O)[O-])ccc3N3CCCCC3)cc2)CC1. The number of anilines is 3. The Labute approximate surface area is 193 Å². The Morgan fingerprint density at radius 3 is 2.15 bits per heavy atom. The largest absolute Gasteiger partial charge is 0.371 e. The van der Waals surface area contributed by atoms with Crippen molar-refractivity contribution in [2.24, 2.45) is 0 Å². The normalized spacial score (nSPS) is 16.5. The third-order valence-electron chi connectivity index (χ3n) is 6.35. The van der Waals surface area contributed by atoms with Crippen LogP contribution in [-0.2, 0) is 4.79 Å². The van der Waals surface area contributed by atoms with Gasteiger partial charge in [0.1, 0.15) is 0 Å². The van der Waals surface area contributed by atoms with Gasteiger partial charge in [-0.1, -0.05) is 0 Å². The lowest BCUT2D eigenvalue weighted by Crippen LogP contribution is -2.48. The van der Waals surface area contributed by atoms with E-state index in [1.165, 1.54) is 12.1 Å². The van der Waals surface area contributed by atoms with E-state index in [1.54, 1.807) is 13.0 Å². The number of carbonyl (C=O) groups is 2. The topological polar surface area (TPSA) is 99.0 Å². The highest BCUT2D eigenvalue weighted by atomic mass is 16.6. The molecule has 0 spiro atoms. The highest BCUT2D eigenvalue weighted by Crippen LogP contribution is 2.29. The molecule has 33 heavy (non-hydrogen) atoms. The minimum atomic E-state index is -0.475. The standard InChI is InChI=1S/C24H29N5O4/c1-18(30)26-13-15-27(16-14-26)20-7-5-19(6-8-20)25-24(31)22-17-21(29(32)33)9-10-23(22)28-11-3-2-4-12-28/h5-10,17H,2-4,11-16H2,1H3,(H,25,31). The summed E-state index contributed by atoms with van der Waals surface area (Å²) in [7, 11) is 0. The Morgan fingerprint density at radius 2 is 1.55 bits per heavy atom. The van der Waals surface area contributed by atoms with Crippen molar-refractivity contribution in [2.45, 2.75) is 26.2 Å². The van der Waals surface area contributed by atoms with Crippen molar-refractivity contribution in [3.63, 3.8) is 0 Å². The van der Waals surface area contributed by atoms with E-state index < -0.39 is 4.92 Å². The van der Waals surface area contributed by atoms with Crippen LogP contribution >= 0.6 is 0 Å². The first-order valence-electron chi connectivity index (χ1n) is 11.4. The Hall–Kier alpha value is -3.62. The quantitative estimate of drug-likeness (QED) is 0.552. The zero-order valence-electron chi connectivity index (χ0n) is 18.8. The van der Waals surface area contributed by atoms with Crippen LogP contribution in [0.15, 0.2) is 42.5 Å². The van der Waals surface area contributed by atoms with Crippen LogP contribution in [0.2, 0.25) is 0 Å². The van der Waals surface area contributed by atoms with Gasteiger partial charge in [-0.15, -0.1) is 0 Å². The number of hydrogen-bond acceptors (Lipinski definition) is 6. The number of piperidine rings is 1. The van der Waals surface area contributed by atoms with E-state index in [2.05, 4.69) is 15.1 Å². The van der Waals surface area contributed by atoms with E-state index in [9.17, 15) is 19.7 Å². The average molecular weight is 452 g/mol.